The van der Waals surface area contributed by atoms with Gasteiger partial charge in [0.15, 0.2) is 0 Å². The van der Waals surface area contributed by atoms with Crippen LogP contribution in [0.2, 0.25) is 0 Å². The van der Waals surface area contributed by atoms with Gasteiger partial charge in [-0.1, -0.05) is 42.3 Å². The molecule has 0 amide bonds. The fourth-order valence-corrected chi connectivity index (χ4v) is 1.88. The Kier molecular flexibility index (Phi) is 6.89. The van der Waals surface area contributed by atoms with Crippen molar-refractivity contribution in [2.75, 3.05) is 19.7 Å². The van der Waals surface area contributed by atoms with Gasteiger partial charge in [-0.05, 0) is 11.5 Å². The van der Waals surface area contributed by atoms with Crippen molar-refractivity contribution in [2.24, 2.45) is 0 Å². The Morgan fingerprint density at radius 2 is 1.95 bits per heavy atom. The Balaban J connectivity index is 0.00000200. The van der Waals surface area contributed by atoms with Crippen molar-refractivity contribution < 1.29 is 9.84 Å². The second kappa shape index (κ2) is 8.44. The number of hydrogen-bond acceptors (Lipinski definition) is 3. The highest BCUT2D eigenvalue weighted by atomic mass is 35.5. The minimum atomic E-state index is -0.577. The van der Waals surface area contributed by atoms with Gasteiger partial charge in [-0.2, -0.15) is 0 Å². The summed E-state index contributed by atoms with van der Waals surface area (Å²) in [5.74, 6) is 3.24. The van der Waals surface area contributed by atoms with E-state index in [-0.39, 0.29) is 19.0 Å². The molecule has 0 bridgehead atoms. The highest BCUT2D eigenvalue weighted by Gasteiger charge is 2.06. The average molecular weight is 292 g/mol. The van der Waals surface area contributed by atoms with E-state index >= 15 is 0 Å². The normalized spacial score (nSPS) is 11.4. The number of terminal acetylenes is 1. The summed E-state index contributed by atoms with van der Waals surface area (Å²) in [7, 11) is 0. The summed E-state index contributed by atoms with van der Waals surface area (Å²) in [4.78, 5) is 0. The van der Waals surface area contributed by atoms with Crippen LogP contribution in [0.25, 0.3) is 10.8 Å². The summed E-state index contributed by atoms with van der Waals surface area (Å²) >= 11 is 0. The van der Waals surface area contributed by atoms with E-state index in [1.165, 1.54) is 0 Å². The van der Waals surface area contributed by atoms with Crippen LogP contribution in [0.15, 0.2) is 42.5 Å². The summed E-state index contributed by atoms with van der Waals surface area (Å²) in [5.41, 5.74) is 0. The molecule has 0 saturated carbocycles. The van der Waals surface area contributed by atoms with Gasteiger partial charge in [0.1, 0.15) is 18.5 Å². The lowest BCUT2D eigenvalue weighted by Gasteiger charge is -2.13. The molecule has 0 aliphatic rings. The zero-order chi connectivity index (χ0) is 13.5. The molecule has 0 spiro atoms. The first-order chi connectivity index (χ1) is 9.31. The predicted molar refractivity (Wildman–Crippen MR) is 84.4 cm³/mol. The molecule has 0 radical (unpaired) electrons. The smallest absolute Gasteiger partial charge is 0.127 e. The van der Waals surface area contributed by atoms with E-state index in [4.69, 9.17) is 11.2 Å². The van der Waals surface area contributed by atoms with Gasteiger partial charge < -0.3 is 15.2 Å². The third-order valence-electron chi connectivity index (χ3n) is 2.79. The van der Waals surface area contributed by atoms with Crippen LogP contribution in [-0.2, 0) is 0 Å². The lowest BCUT2D eigenvalue weighted by atomic mass is 10.1. The second-order valence-corrected chi connectivity index (χ2v) is 4.28. The fourth-order valence-electron chi connectivity index (χ4n) is 1.88. The largest absolute Gasteiger partial charge is 0.490 e. The second-order valence-electron chi connectivity index (χ2n) is 4.28. The molecule has 20 heavy (non-hydrogen) atoms. The summed E-state index contributed by atoms with van der Waals surface area (Å²) in [6.07, 6.45) is 4.54. The molecule has 0 aliphatic heterocycles. The number of aliphatic hydroxyl groups excluding tert-OH is 1. The van der Waals surface area contributed by atoms with E-state index in [2.05, 4.69) is 11.2 Å². The molecule has 106 valence electrons. The summed E-state index contributed by atoms with van der Waals surface area (Å²) in [6, 6.07) is 13.9. The number of ether oxygens (including phenoxy) is 1. The number of benzene rings is 2. The van der Waals surface area contributed by atoms with Gasteiger partial charge in [0.25, 0.3) is 0 Å². The molecule has 4 heteroatoms. The lowest BCUT2D eigenvalue weighted by Crippen LogP contribution is -2.31. The van der Waals surface area contributed by atoms with Crippen LogP contribution in [-0.4, -0.2) is 30.9 Å². The van der Waals surface area contributed by atoms with Crippen molar-refractivity contribution in [3.05, 3.63) is 42.5 Å². The molecule has 2 aromatic rings. The van der Waals surface area contributed by atoms with Crippen molar-refractivity contribution in [1.82, 2.24) is 5.32 Å². The van der Waals surface area contributed by atoms with Crippen LogP contribution in [0.5, 0.6) is 5.75 Å². The van der Waals surface area contributed by atoms with Crippen LogP contribution in [0.3, 0.4) is 0 Å². The predicted octanol–water partition coefficient (Wildman–Crippen LogP) is 2.22. The Hall–Kier alpha value is -1.73. The lowest BCUT2D eigenvalue weighted by molar-refractivity contribution is 0.108. The summed E-state index contributed by atoms with van der Waals surface area (Å²) in [6.45, 7) is 1.12. The van der Waals surface area contributed by atoms with Crippen LogP contribution in [0.4, 0.5) is 0 Å². The van der Waals surface area contributed by atoms with Crippen LogP contribution >= 0.6 is 12.4 Å². The first-order valence-corrected chi connectivity index (χ1v) is 6.24. The van der Waals surface area contributed by atoms with Crippen molar-refractivity contribution in [3.8, 4) is 18.1 Å². The van der Waals surface area contributed by atoms with Gasteiger partial charge in [0, 0.05) is 11.9 Å². The third kappa shape index (κ3) is 4.43. The molecule has 2 aromatic carbocycles. The molecule has 0 aliphatic carbocycles. The van der Waals surface area contributed by atoms with Gasteiger partial charge in [-0.15, -0.1) is 18.8 Å². The fraction of sp³-hybridized carbons (Fsp3) is 0.250. The highest BCUT2D eigenvalue weighted by Crippen LogP contribution is 2.25. The zero-order valence-electron chi connectivity index (χ0n) is 11.1. The van der Waals surface area contributed by atoms with Crippen molar-refractivity contribution in [1.29, 1.82) is 0 Å². The molecule has 0 heterocycles. The molecule has 3 nitrogen and oxygen atoms in total. The molecular formula is C16H18ClNO2. The maximum absolute atomic E-state index is 9.75. The number of fused-ring (bicyclic) bond motifs is 1. The quantitative estimate of drug-likeness (QED) is 0.633. The number of halogens is 1. The number of rotatable bonds is 6. The number of hydrogen-bond donors (Lipinski definition) is 2. The third-order valence-corrected chi connectivity index (χ3v) is 2.79. The van der Waals surface area contributed by atoms with E-state index in [9.17, 15) is 5.11 Å². The maximum atomic E-state index is 9.75. The molecule has 1 atom stereocenters. The Labute approximate surface area is 125 Å². The van der Waals surface area contributed by atoms with E-state index in [1.807, 2.05) is 42.5 Å². The molecular weight excluding hydrogens is 274 g/mol. The number of aliphatic hydroxyl groups is 1. The average Bonchev–Trinajstić information content (AvgIpc) is 2.45. The standard InChI is InChI=1S/C16H17NO2.ClH/c1-2-10-17-11-14(18)12-19-16-9-5-7-13-6-3-4-8-15(13)16;/h1,3-9,14,17-18H,10-12H2;1H. The number of nitrogens with one attached hydrogen (secondary N) is 1. The van der Waals surface area contributed by atoms with Gasteiger partial charge in [-0.3, -0.25) is 0 Å². The van der Waals surface area contributed by atoms with Gasteiger partial charge in [-0.25, -0.2) is 0 Å². The molecule has 0 aromatic heterocycles. The summed E-state index contributed by atoms with van der Waals surface area (Å²) < 4.78 is 5.67. The van der Waals surface area contributed by atoms with Crippen LogP contribution in [0, 0.1) is 12.3 Å². The van der Waals surface area contributed by atoms with Gasteiger partial charge in [0.2, 0.25) is 0 Å². The molecule has 2 rings (SSSR count). The monoisotopic (exact) mass is 291 g/mol. The maximum Gasteiger partial charge on any atom is 0.127 e. The van der Waals surface area contributed by atoms with Crippen LogP contribution in [0.1, 0.15) is 0 Å². The van der Waals surface area contributed by atoms with E-state index in [0.717, 1.165) is 16.5 Å². The van der Waals surface area contributed by atoms with E-state index in [0.29, 0.717) is 13.1 Å². The topological polar surface area (TPSA) is 41.5 Å². The minimum Gasteiger partial charge on any atom is -0.490 e. The van der Waals surface area contributed by atoms with Crippen molar-refractivity contribution in [3.63, 3.8) is 0 Å². The minimum absolute atomic E-state index is 0. The van der Waals surface area contributed by atoms with Crippen molar-refractivity contribution >= 4 is 23.2 Å². The molecule has 1 unspecified atom stereocenters. The van der Waals surface area contributed by atoms with E-state index < -0.39 is 6.10 Å². The highest BCUT2D eigenvalue weighted by molar-refractivity contribution is 5.88. The molecule has 0 saturated heterocycles. The first kappa shape index (κ1) is 16.3. The SMILES string of the molecule is C#CCNCC(O)COc1cccc2ccccc12.Cl. The molecule has 2 N–H and O–H groups in total. The Morgan fingerprint density at radius 3 is 2.75 bits per heavy atom. The van der Waals surface area contributed by atoms with Gasteiger partial charge >= 0.3 is 0 Å². The zero-order valence-corrected chi connectivity index (χ0v) is 11.9. The first-order valence-electron chi connectivity index (χ1n) is 6.24. The van der Waals surface area contributed by atoms with Crippen molar-refractivity contribution in [2.45, 2.75) is 6.10 Å². The Morgan fingerprint density at radius 1 is 1.20 bits per heavy atom. The molecule has 0 fully saturated rings. The summed E-state index contributed by atoms with van der Waals surface area (Å²) in [5, 5.41) is 14.9. The van der Waals surface area contributed by atoms with Gasteiger partial charge in [0.05, 0.1) is 6.54 Å². The van der Waals surface area contributed by atoms with Crippen LogP contribution < -0.4 is 10.1 Å². The Bertz CT molecular complexity index is 575. The van der Waals surface area contributed by atoms with E-state index in [1.54, 1.807) is 0 Å².